The molecule has 12 aromatic carbocycles. The SMILES string of the molecule is c1ccc(C2(c3ccccc3)c3ccccc3-c3ccc(N(c4ccc(-c5cccc6c5-c5ccccc5C65c6ccccc6Sc6ccccc65)cc4)c4cc5ccccc5c5oc6ccccc6c45)cc32)cc1. The van der Waals surface area contributed by atoms with E-state index in [4.69, 9.17) is 4.42 Å². The van der Waals surface area contributed by atoms with Crippen LogP contribution in [-0.2, 0) is 10.8 Å². The van der Waals surface area contributed by atoms with Crippen LogP contribution in [0.5, 0.6) is 0 Å². The lowest BCUT2D eigenvalue weighted by Gasteiger charge is -2.39. The smallest absolute Gasteiger partial charge is 0.145 e. The predicted octanol–water partition coefficient (Wildman–Crippen LogP) is 19.1. The second kappa shape index (κ2) is 16.2. The summed E-state index contributed by atoms with van der Waals surface area (Å²) in [5.41, 5.74) is 21.8. The van der Waals surface area contributed by atoms with E-state index in [9.17, 15) is 0 Å². The van der Waals surface area contributed by atoms with Gasteiger partial charge in [0.1, 0.15) is 11.2 Å². The van der Waals surface area contributed by atoms with Gasteiger partial charge in [-0.2, -0.15) is 0 Å². The maximum Gasteiger partial charge on any atom is 0.145 e. The normalized spacial score (nSPS) is 14.0. The van der Waals surface area contributed by atoms with Crippen LogP contribution in [0.4, 0.5) is 17.1 Å². The molecule has 16 rings (SSSR count). The van der Waals surface area contributed by atoms with Gasteiger partial charge >= 0.3 is 0 Å². The number of hydrogen-bond donors (Lipinski definition) is 0. The lowest BCUT2D eigenvalue weighted by Crippen LogP contribution is -2.31. The Balaban J connectivity index is 0.941. The van der Waals surface area contributed by atoms with Gasteiger partial charge in [0.15, 0.2) is 0 Å². The molecule has 1 spiro atoms. The van der Waals surface area contributed by atoms with Gasteiger partial charge < -0.3 is 9.32 Å². The summed E-state index contributed by atoms with van der Waals surface area (Å²) in [7, 11) is 0. The van der Waals surface area contributed by atoms with Crippen LogP contribution in [0.1, 0.15) is 44.5 Å². The van der Waals surface area contributed by atoms with Gasteiger partial charge in [0, 0.05) is 31.9 Å². The monoisotopic (exact) mass is 971 g/mol. The molecular weight excluding hydrogens is 927 g/mol. The molecule has 3 aliphatic rings. The summed E-state index contributed by atoms with van der Waals surface area (Å²) in [4.78, 5) is 5.10. The first-order valence-corrected chi connectivity index (χ1v) is 26.7. The number of anilines is 3. The third-order valence-corrected chi connectivity index (χ3v) is 17.7. The molecular formula is C72H45NOS. The van der Waals surface area contributed by atoms with Crippen molar-refractivity contribution in [3.05, 3.63) is 317 Å². The maximum absolute atomic E-state index is 6.91. The Hall–Kier alpha value is -9.15. The summed E-state index contributed by atoms with van der Waals surface area (Å²) in [5.74, 6) is 0. The Labute approximate surface area is 439 Å². The van der Waals surface area contributed by atoms with Gasteiger partial charge in [0.05, 0.1) is 21.9 Å². The Kier molecular flexibility index (Phi) is 9.14. The molecule has 0 amide bonds. The Bertz CT molecular complexity index is 4370. The molecule has 2 heterocycles. The van der Waals surface area contributed by atoms with E-state index >= 15 is 0 Å². The fourth-order valence-electron chi connectivity index (χ4n) is 13.6. The van der Waals surface area contributed by atoms with Gasteiger partial charge in [-0.05, 0) is 132 Å². The number of para-hydroxylation sites is 1. The summed E-state index contributed by atoms with van der Waals surface area (Å²) in [6.07, 6.45) is 0. The van der Waals surface area contributed by atoms with Crippen LogP contribution in [0, 0.1) is 0 Å². The fourth-order valence-corrected chi connectivity index (χ4v) is 14.8. The minimum atomic E-state index is -0.569. The highest BCUT2D eigenvalue weighted by Crippen LogP contribution is 2.64. The standard InChI is InChI=1S/C72H45NOS/c1-3-21-48(22-4-1)71(49-23-5-2-6-24-49)58-30-12-9-26-54(58)55-43-42-51(45-63(55)71)73(64-44-47-20-7-8-25-53(47)70-69(64)57-28-11-16-35-65(57)74-70)50-40-38-46(39-41-50)52-29-19-34-62-68(52)56-27-10-13-31-59(56)72(62)60-32-14-17-36-66(60)75-67-37-18-15-33-61(67)72/h1-45H. The number of benzene rings is 12. The highest BCUT2D eigenvalue weighted by atomic mass is 32.2. The van der Waals surface area contributed by atoms with Crippen molar-refractivity contribution in [3.63, 3.8) is 0 Å². The predicted molar refractivity (Wildman–Crippen MR) is 310 cm³/mol. The number of fused-ring (bicyclic) bond motifs is 17. The zero-order chi connectivity index (χ0) is 49.2. The molecule has 2 nitrogen and oxygen atoms in total. The van der Waals surface area contributed by atoms with Crippen LogP contribution >= 0.6 is 11.8 Å². The summed E-state index contributed by atoms with van der Waals surface area (Å²) in [6.45, 7) is 0. The second-order valence-electron chi connectivity index (χ2n) is 20.2. The molecule has 1 aromatic heterocycles. The second-order valence-corrected chi connectivity index (χ2v) is 21.3. The third-order valence-electron chi connectivity index (χ3n) is 16.6. The van der Waals surface area contributed by atoms with Crippen molar-refractivity contribution in [2.24, 2.45) is 0 Å². The van der Waals surface area contributed by atoms with Crippen molar-refractivity contribution in [1.29, 1.82) is 0 Å². The first-order valence-electron chi connectivity index (χ1n) is 25.9. The summed E-state index contributed by atoms with van der Waals surface area (Å²) >= 11 is 1.89. The molecule has 0 unspecified atom stereocenters. The van der Waals surface area contributed by atoms with E-state index < -0.39 is 10.8 Å². The summed E-state index contributed by atoms with van der Waals surface area (Å²) in [6, 6.07) is 101. The van der Waals surface area contributed by atoms with Crippen molar-refractivity contribution in [1.82, 2.24) is 0 Å². The molecule has 0 radical (unpaired) electrons. The number of rotatable bonds is 6. The van der Waals surface area contributed by atoms with Crippen molar-refractivity contribution >= 4 is 61.5 Å². The highest BCUT2D eigenvalue weighted by Gasteiger charge is 2.51. The molecule has 13 aromatic rings. The molecule has 0 atom stereocenters. The minimum absolute atomic E-state index is 0.451. The van der Waals surface area contributed by atoms with Gasteiger partial charge in [-0.15, -0.1) is 0 Å². The van der Waals surface area contributed by atoms with Crippen LogP contribution in [-0.4, -0.2) is 0 Å². The number of hydrogen-bond acceptors (Lipinski definition) is 3. The van der Waals surface area contributed by atoms with E-state index in [1.165, 1.54) is 87.7 Å². The van der Waals surface area contributed by atoms with Crippen molar-refractivity contribution in [2.45, 2.75) is 20.6 Å². The minimum Gasteiger partial charge on any atom is -0.455 e. The van der Waals surface area contributed by atoms with E-state index in [0.717, 1.165) is 49.8 Å². The third kappa shape index (κ3) is 5.82. The van der Waals surface area contributed by atoms with Gasteiger partial charge in [-0.25, -0.2) is 0 Å². The van der Waals surface area contributed by atoms with Crippen LogP contribution in [0.15, 0.2) is 287 Å². The van der Waals surface area contributed by atoms with Crippen LogP contribution in [0.3, 0.4) is 0 Å². The molecule has 0 saturated heterocycles. The maximum atomic E-state index is 6.91. The Morgan fingerprint density at radius 3 is 1.60 bits per heavy atom. The lowest BCUT2D eigenvalue weighted by atomic mass is 9.67. The Morgan fingerprint density at radius 1 is 0.347 bits per heavy atom. The van der Waals surface area contributed by atoms with Gasteiger partial charge in [-0.3, -0.25) is 0 Å². The topological polar surface area (TPSA) is 16.4 Å². The molecule has 0 bridgehead atoms. The molecule has 1 aliphatic heterocycles. The highest BCUT2D eigenvalue weighted by molar-refractivity contribution is 7.99. The van der Waals surface area contributed by atoms with Crippen LogP contribution in [0.25, 0.3) is 66.1 Å². The van der Waals surface area contributed by atoms with E-state index in [1.807, 2.05) is 11.8 Å². The molecule has 0 fully saturated rings. The fraction of sp³-hybridized carbons (Fsp3) is 0.0278. The number of nitrogens with zero attached hydrogens (tertiary/aromatic N) is 1. The zero-order valence-corrected chi connectivity index (χ0v) is 41.6. The first kappa shape index (κ1) is 42.4. The van der Waals surface area contributed by atoms with E-state index in [2.05, 4.69) is 278 Å². The summed E-state index contributed by atoms with van der Waals surface area (Å²) in [5, 5.41) is 4.39. The van der Waals surface area contributed by atoms with Crippen LogP contribution < -0.4 is 4.90 Å². The van der Waals surface area contributed by atoms with E-state index in [0.29, 0.717) is 0 Å². The van der Waals surface area contributed by atoms with Crippen LogP contribution in [0.2, 0.25) is 0 Å². The largest absolute Gasteiger partial charge is 0.455 e. The van der Waals surface area contributed by atoms with Gasteiger partial charge in [-0.1, -0.05) is 236 Å². The Morgan fingerprint density at radius 2 is 0.880 bits per heavy atom. The molecule has 0 N–H and O–H groups in total. The zero-order valence-electron chi connectivity index (χ0n) is 40.7. The summed E-state index contributed by atoms with van der Waals surface area (Å²) < 4.78 is 6.91. The molecule has 350 valence electrons. The van der Waals surface area contributed by atoms with E-state index in [-0.39, 0.29) is 0 Å². The average Bonchev–Trinajstić information content (AvgIpc) is 4.20. The lowest BCUT2D eigenvalue weighted by molar-refractivity contribution is 0.672. The van der Waals surface area contributed by atoms with Gasteiger partial charge in [0.25, 0.3) is 0 Å². The molecule has 75 heavy (non-hydrogen) atoms. The van der Waals surface area contributed by atoms with Crippen molar-refractivity contribution in [2.75, 3.05) is 4.90 Å². The average molecular weight is 972 g/mol. The van der Waals surface area contributed by atoms with Gasteiger partial charge in [0.2, 0.25) is 0 Å². The number of furan rings is 1. The van der Waals surface area contributed by atoms with Crippen molar-refractivity contribution in [3.8, 4) is 33.4 Å². The molecule has 0 saturated carbocycles. The quantitative estimate of drug-likeness (QED) is 0.165. The molecule has 3 heteroatoms. The van der Waals surface area contributed by atoms with Crippen molar-refractivity contribution < 1.29 is 4.42 Å². The molecule has 2 aliphatic carbocycles. The first-order chi connectivity index (χ1) is 37.2. The van der Waals surface area contributed by atoms with E-state index in [1.54, 1.807) is 0 Å².